The Kier molecular flexibility index (Phi) is 8.05. The van der Waals surface area contributed by atoms with E-state index in [0.717, 1.165) is 0 Å². The van der Waals surface area contributed by atoms with Gasteiger partial charge in [0, 0.05) is 10.5 Å². The standard InChI is InChI=1S/C20H24NO6P/c1-3-26-28(25,27-4-2)20(19(22)17-13-9-6-10-14-17)18(15-21(23)24)16-11-7-5-8-12-16/h5-14,18,20H,3-4,15H2,1-2H3/t18-,20?/m0/s1. The third kappa shape index (κ3) is 5.35. The molecule has 0 saturated carbocycles. The van der Waals surface area contributed by atoms with E-state index < -0.39 is 36.4 Å². The summed E-state index contributed by atoms with van der Waals surface area (Å²) in [6.07, 6.45) is 0. The number of carbonyl (C=O) groups excluding carboxylic acids is 1. The van der Waals surface area contributed by atoms with Gasteiger partial charge in [0.2, 0.25) is 6.54 Å². The van der Waals surface area contributed by atoms with Crippen molar-refractivity contribution in [3.63, 3.8) is 0 Å². The zero-order valence-electron chi connectivity index (χ0n) is 15.9. The second-order valence-electron chi connectivity index (χ2n) is 6.08. The summed E-state index contributed by atoms with van der Waals surface area (Å²) in [5.74, 6) is -1.46. The minimum Gasteiger partial charge on any atom is -0.308 e. The monoisotopic (exact) mass is 405 g/mol. The van der Waals surface area contributed by atoms with Crippen LogP contribution in [-0.4, -0.2) is 36.1 Å². The largest absolute Gasteiger partial charge is 0.342 e. The molecule has 2 atom stereocenters. The first-order chi connectivity index (χ1) is 13.4. The third-order valence-electron chi connectivity index (χ3n) is 4.24. The smallest absolute Gasteiger partial charge is 0.308 e. The summed E-state index contributed by atoms with van der Waals surface area (Å²) in [4.78, 5) is 24.3. The molecule has 0 amide bonds. The Bertz CT molecular complexity index is 817. The van der Waals surface area contributed by atoms with E-state index in [4.69, 9.17) is 9.05 Å². The zero-order chi connectivity index (χ0) is 20.6. The maximum absolute atomic E-state index is 13.6. The maximum Gasteiger partial charge on any atom is 0.342 e. The zero-order valence-corrected chi connectivity index (χ0v) is 16.8. The van der Waals surface area contributed by atoms with Crippen LogP contribution < -0.4 is 0 Å². The SMILES string of the molecule is CCOP(=O)(OCC)C(C(=O)c1ccccc1)[C@@H](C[N+](=O)[O-])c1ccccc1. The van der Waals surface area contributed by atoms with E-state index in [9.17, 15) is 19.5 Å². The average molecular weight is 405 g/mol. The molecule has 2 aromatic rings. The first-order valence-corrected chi connectivity index (χ1v) is 10.7. The Morgan fingerprint density at radius 3 is 1.96 bits per heavy atom. The quantitative estimate of drug-likeness (QED) is 0.235. The lowest BCUT2D eigenvalue weighted by Gasteiger charge is -2.30. The van der Waals surface area contributed by atoms with Crippen LogP contribution in [0.2, 0.25) is 0 Å². The number of nitrogens with zero attached hydrogens (tertiary/aromatic N) is 1. The summed E-state index contributed by atoms with van der Waals surface area (Å²) in [6, 6.07) is 16.9. The molecular formula is C20H24NO6P. The van der Waals surface area contributed by atoms with Crippen molar-refractivity contribution in [2.75, 3.05) is 19.8 Å². The van der Waals surface area contributed by atoms with Crippen molar-refractivity contribution in [1.29, 1.82) is 0 Å². The summed E-state index contributed by atoms with van der Waals surface area (Å²) >= 11 is 0. The number of hydrogen-bond acceptors (Lipinski definition) is 6. The molecule has 0 spiro atoms. The van der Waals surface area contributed by atoms with Gasteiger partial charge in [0.25, 0.3) is 0 Å². The van der Waals surface area contributed by atoms with Gasteiger partial charge in [0.05, 0.1) is 19.1 Å². The van der Waals surface area contributed by atoms with E-state index in [-0.39, 0.29) is 13.2 Å². The number of rotatable bonds is 11. The lowest BCUT2D eigenvalue weighted by molar-refractivity contribution is -0.483. The van der Waals surface area contributed by atoms with Crippen LogP contribution in [0.15, 0.2) is 60.7 Å². The van der Waals surface area contributed by atoms with Crippen molar-refractivity contribution in [1.82, 2.24) is 0 Å². The predicted molar refractivity (Wildman–Crippen MR) is 106 cm³/mol. The predicted octanol–water partition coefficient (Wildman–Crippen LogP) is 4.56. The first kappa shape index (κ1) is 22.0. The van der Waals surface area contributed by atoms with Gasteiger partial charge in [-0.25, -0.2) is 0 Å². The van der Waals surface area contributed by atoms with Crippen molar-refractivity contribution in [2.24, 2.45) is 0 Å². The highest BCUT2D eigenvalue weighted by atomic mass is 31.2. The van der Waals surface area contributed by atoms with E-state index in [1.165, 1.54) is 0 Å². The fourth-order valence-electron chi connectivity index (χ4n) is 3.13. The van der Waals surface area contributed by atoms with E-state index in [2.05, 4.69) is 0 Å². The molecule has 7 nitrogen and oxygen atoms in total. The minimum absolute atomic E-state index is 0.0514. The van der Waals surface area contributed by atoms with Gasteiger partial charge in [-0.15, -0.1) is 0 Å². The first-order valence-electron chi connectivity index (χ1n) is 9.07. The van der Waals surface area contributed by atoms with Gasteiger partial charge in [-0.3, -0.25) is 19.5 Å². The molecule has 0 heterocycles. The Morgan fingerprint density at radius 2 is 1.50 bits per heavy atom. The van der Waals surface area contributed by atoms with Crippen molar-refractivity contribution < 1.29 is 23.3 Å². The highest BCUT2D eigenvalue weighted by molar-refractivity contribution is 7.56. The molecule has 2 rings (SSSR count). The number of benzene rings is 2. The van der Waals surface area contributed by atoms with Crippen LogP contribution in [0.3, 0.4) is 0 Å². The van der Waals surface area contributed by atoms with Gasteiger partial charge >= 0.3 is 7.60 Å². The molecule has 0 radical (unpaired) electrons. The summed E-state index contributed by atoms with van der Waals surface area (Å²) < 4.78 is 24.5. The fourth-order valence-corrected chi connectivity index (χ4v) is 5.39. The molecule has 0 fully saturated rings. The average Bonchev–Trinajstić information content (AvgIpc) is 2.68. The molecule has 8 heteroatoms. The number of ketones is 1. The number of nitro groups is 1. The van der Waals surface area contributed by atoms with Gasteiger partial charge in [-0.2, -0.15) is 0 Å². The molecule has 0 aromatic heterocycles. The number of Topliss-reactive ketones (excluding diaryl/α,β-unsaturated/α-hetero) is 1. The molecule has 0 N–H and O–H groups in total. The lowest BCUT2D eigenvalue weighted by Crippen LogP contribution is -2.34. The normalized spacial score (nSPS) is 13.6. The second-order valence-corrected chi connectivity index (χ2v) is 8.24. The molecule has 2 aromatic carbocycles. The third-order valence-corrected chi connectivity index (χ3v) is 6.75. The lowest BCUT2D eigenvalue weighted by atomic mass is 9.91. The minimum atomic E-state index is -3.98. The summed E-state index contributed by atoms with van der Waals surface area (Å²) in [5.41, 5.74) is -0.493. The van der Waals surface area contributed by atoms with Crippen molar-refractivity contribution in [3.8, 4) is 0 Å². The van der Waals surface area contributed by atoms with Crippen LogP contribution in [0.1, 0.15) is 35.7 Å². The van der Waals surface area contributed by atoms with Gasteiger partial charge in [0.1, 0.15) is 5.66 Å². The topological polar surface area (TPSA) is 95.7 Å². The van der Waals surface area contributed by atoms with Crippen LogP contribution in [0.4, 0.5) is 0 Å². The molecule has 1 unspecified atom stereocenters. The highest BCUT2D eigenvalue weighted by Crippen LogP contribution is 2.58. The van der Waals surface area contributed by atoms with Crippen LogP contribution in [0, 0.1) is 10.1 Å². The summed E-state index contributed by atoms with van der Waals surface area (Å²) in [7, 11) is -3.98. The maximum atomic E-state index is 13.6. The van der Waals surface area contributed by atoms with Gasteiger partial charge in [0.15, 0.2) is 5.78 Å². The molecule has 0 aliphatic carbocycles. The van der Waals surface area contributed by atoms with E-state index >= 15 is 0 Å². The molecule has 150 valence electrons. The van der Waals surface area contributed by atoms with Gasteiger partial charge in [-0.05, 0) is 19.4 Å². The summed E-state index contributed by atoms with van der Waals surface area (Å²) in [6.45, 7) is 2.81. The van der Waals surface area contributed by atoms with Crippen molar-refractivity contribution >= 4 is 13.4 Å². The van der Waals surface area contributed by atoms with Crippen LogP contribution >= 0.6 is 7.60 Å². The van der Waals surface area contributed by atoms with Crippen LogP contribution in [0.5, 0.6) is 0 Å². The number of carbonyl (C=O) groups is 1. The fraction of sp³-hybridized carbons (Fsp3) is 0.350. The van der Waals surface area contributed by atoms with E-state index in [1.807, 2.05) is 0 Å². The highest BCUT2D eigenvalue weighted by Gasteiger charge is 2.48. The molecule has 0 bridgehead atoms. The Labute approximate surface area is 164 Å². The van der Waals surface area contributed by atoms with Crippen LogP contribution in [-0.2, 0) is 13.6 Å². The van der Waals surface area contributed by atoms with Crippen molar-refractivity contribution in [2.45, 2.75) is 25.4 Å². The second kappa shape index (κ2) is 10.3. The molecule has 0 aliphatic rings. The van der Waals surface area contributed by atoms with Crippen LogP contribution in [0.25, 0.3) is 0 Å². The van der Waals surface area contributed by atoms with Gasteiger partial charge < -0.3 is 9.05 Å². The Morgan fingerprint density at radius 1 is 1.00 bits per heavy atom. The molecule has 0 aliphatic heterocycles. The van der Waals surface area contributed by atoms with Crippen molar-refractivity contribution in [3.05, 3.63) is 81.9 Å². The van der Waals surface area contributed by atoms with E-state index in [0.29, 0.717) is 11.1 Å². The molecule has 0 saturated heterocycles. The Balaban J connectivity index is 2.64. The number of hydrogen-bond donors (Lipinski definition) is 0. The summed E-state index contributed by atoms with van der Waals surface area (Å²) in [5, 5.41) is 11.4. The van der Waals surface area contributed by atoms with Gasteiger partial charge in [-0.1, -0.05) is 60.7 Å². The van der Waals surface area contributed by atoms with E-state index in [1.54, 1.807) is 74.5 Å². The molecular weight excluding hydrogens is 381 g/mol. The Hall–Kier alpha value is -2.34. The molecule has 28 heavy (non-hydrogen) atoms.